The number of halogens is 1. The van der Waals surface area contributed by atoms with Crippen LogP contribution in [0.5, 0.6) is 0 Å². The lowest BCUT2D eigenvalue weighted by molar-refractivity contribution is -0.137. The fourth-order valence-electron chi connectivity index (χ4n) is 4.83. The highest BCUT2D eigenvalue weighted by molar-refractivity contribution is 8.01. The normalized spacial score (nSPS) is 34.8. The van der Waals surface area contributed by atoms with E-state index in [0.29, 0.717) is 17.9 Å². The van der Waals surface area contributed by atoms with Crippen molar-refractivity contribution in [1.29, 1.82) is 0 Å². The van der Waals surface area contributed by atoms with E-state index in [4.69, 9.17) is 0 Å². The van der Waals surface area contributed by atoms with Crippen molar-refractivity contribution in [2.24, 2.45) is 16.8 Å². The molecule has 3 nitrogen and oxygen atoms in total. The smallest absolute Gasteiger partial charge is 0.226 e. The number of rotatable bonds is 2. The first-order chi connectivity index (χ1) is 11.2. The average molecular weight is 367 g/mol. The molecule has 0 radical (unpaired) electrons. The Bertz CT molecular complexity index is 582. The lowest BCUT2D eigenvalue weighted by atomic mass is 9.73. The van der Waals surface area contributed by atoms with E-state index < -0.39 is 0 Å². The number of hydrogen-bond acceptors (Lipinski definition) is 3. The molecule has 3 atom stereocenters. The Morgan fingerprint density at radius 3 is 2.92 bits per heavy atom. The van der Waals surface area contributed by atoms with Crippen molar-refractivity contribution in [1.82, 2.24) is 4.90 Å². The summed E-state index contributed by atoms with van der Waals surface area (Å²) in [6.45, 7) is 0. The van der Waals surface area contributed by atoms with E-state index in [2.05, 4.69) is 28.1 Å². The van der Waals surface area contributed by atoms with Crippen LogP contribution in [0.25, 0.3) is 0 Å². The summed E-state index contributed by atoms with van der Waals surface area (Å²) in [6, 6.07) is 0.469. The Labute approximate surface area is 155 Å². The van der Waals surface area contributed by atoms with E-state index in [1.165, 1.54) is 37.8 Å². The molecule has 2 aliphatic heterocycles. The zero-order valence-electron chi connectivity index (χ0n) is 14.3. The zero-order chi connectivity index (χ0) is 15.9. The number of amides is 1. The number of allylic oxidation sites excluding steroid dienone is 3. The Morgan fingerprint density at radius 2 is 2.12 bits per heavy atom. The molecule has 0 aromatic rings. The molecule has 3 unspecified atom stereocenters. The van der Waals surface area contributed by atoms with Crippen LogP contribution in [0.15, 0.2) is 28.9 Å². The van der Waals surface area contributed by atoms with E-state index in [-0.39, 0.29) is 23.1 Å². The van der Waals surface area contributed by atoms with Crippen LogP contribution in [0.3, 0.4) is 0 Å². The van der Waals surface area contributed by atoms with Gasteiger partial charge in [-0.1, -0.05) is 31.4 Å². The Kier molecular flexibility index (Phi) is 5.45. The molecule has 0 aromatic heterocycles. The summed E-state index contributed by atoms with van der Waals surface area (Å²) in [6.07, 6.45) is 16.8. The number of carbonyl (C=O) groups is 1. The molecule has 132 valence electrons. The van der Waals surface area contributed by atoms with E-state index in [0.717, 1.165) is 18.6 Å². The predicted molar refractivity (Wildman–Crippen MR) is 104 cm³/mol. The zero-order valence-corrected chi connectivity index (χ0v) is 16.0. The molecule has 4 rings (SSSR count). The van der Waals surface area contributed by atoms with E-state index in [9.17, 15) is 4.79 Å². The maximum atomic E-state index is 13.2. The largest absolute Gasteiger partial charge is 0.343 e. The van der Waals surface area contributed by atoms with E-state index >= 15 is 0 Å². The van der Waals surface area contributed by atoms with Crippen LogP contribution in [0.1, 0.15) is 44.9 Å². The van der Waals surface area contributed by atoms with E-state index in [1.54, 1.807) is 0 Å². The molecular formula is C19H27ClN2OS. The molecule has 5 heteroatoms. The maximum absolute atomic E-state index is 13.2. The summed E-state index contributed by atoms with van der Waals surface area (Å²) < 4.78 is 0.0667. The third-order valence-electron chi connectivity index (χ3n) is 6.23. The molecule has 0 bridgehead atoms. The van der Waals surface area contributed by atoms with Gasteiger partial charge in [0, 0.05) is 25.1 Å². The molecule has 0 aromatic carbocycles. The van der Waals surface area contributed by atoms with Crippen molar-refractivity contribution in [3.63, 3.8) is 0 Å². The van der Waals surface area contributed by atoms with Crippen molar-refractivity contribution in [3.05, 3.63) is 23.9 Å². The van der Waals surface area contributed by atoms with Crippen molar-refractivity contribution < 1.29 is 4.79 Å². The van der Waals surface area contributed by atoms with Crippen LogP contribution in [-0.4, -0.2) is 40.6 Å². The highest BCUT2D eigenvalue weighted by Gasteiger charge is 2.55. The van der Waals surface area contributed by atoms with Gasteiger partial charge in [0.25, 0.3) is 0 Å². The molecule has 1 amide bonds. The average Bonchev–Trinajstić information content (AvgIpc) is 2.99. The number of carbonyl (C=O) groups excluding carboxylic acids is 1. The van der Waals surface area contributed by atoms with Gasteiger partial charge in [-0.05, 0) is 37.7 Å². The molecule has 2 fully saturated rings. The van der Waals surface area contributed by atoms with Crippen LogP contribution in [0.4, 0.5) is 0 Å². The van der Waals surface area contributed by atoms with Gasteiger partial charge in [0.05, 0.1) is 16.4 Å². The highest BCUT2D eigenvalue weighted by Crippen LogP contribution is 2.57. The summed E-state index contributed by atoms with van der Waals surface area (Å²) >= 11 is 1.98. The number of nitrogens with zero attached hydrogens (tertiary/aromatic N) is 2. The van der Waals surface area contributed by atoms with Gasteiger partial charge in [-0.25, -0.2) is 0 Å². The first kappa shape index (κ1) is 18.1. The van der Waals surface area contributed by atoms with Crippen LogP contribution in [0, 0.1) is 11.8 Å². The molecule has 24 heavy (non-hydrogen) atoms. The SMILES string of the molecule is CN(C(=O)C1CSC23CC=CC=C2N=CCC13)C1CCCCC1.Cl. The number of thioether (sulfide) groups is 1. The Morgan fingerprint density at radius 1 is 1.33 bits per heavy atom. The molecule has 4 aliphatic rings. The van der Waals surface area contributed by atoms with Crippen molar-refractivity contribution in [2.45, 2.75) is 55.7 Å². The summed E-state index contributed by atoms with van der Waals surface area (Å²) in [5.41, 5.74) is 1.19. The first-order valence-electron chi connectivity index (χ1n) is 9.03. The second-order valence-electron chi connectivity index (χ2n) is 7.39. The Balaban J connectivity index is 0.00000169. The molecule has 2 heterocycles. The van der Waals surface area contributed by atoms with Crippen LogP contribution in [0.2, 0.25) is 0 Å². The lowest BCUT2D eigenvalue weighted by Crippen LogP contribution is -2.46. The number of aliphatic imine (C=N–C) groups is 1. The minimum atomic E-state index is 0. The quantitative estimate of drug-likeness (QED) is 0.732. The third-order valence-corrected chi connectivity index (χ3v) is 7.95. The molecule has 2 aliphatic carbocycles. The van der Waals surface area contributed by atoms with Gasteiger partial charge in [0.1, 0.15) is 0 Å². The summed E-state index contributed by atoms with van der Waals surface area (Å²) in [5.74, 6) is 1.92. The maximum Gasteiger partial charge on any atom is 0.226 e. The molecule has 1 saturated carbocycles. The second kappa shape index (κ2) is 7.25. The fraction of sp³-hybridized carbons (Fsp3) is 0.684. The van der Waals surface area contributed by atoms with Crippen LogP contribution in [-0.2, 0) is 4.79 Å². The van der Waals surface area contributed by atoms with Gasteiger partial charge in [0.15, 0.2) is 0 Å². The predicted octanol–water partition coefficient (Wildman–Crippen LogP) is 4.24. The van der Waals surface area contributed by atoms with Crippen molar-refractivity contribution in [3.8, 4) is 0 Å². The topological polar surface area (TPSA) is 32.7 Å². The summed E-state index contributed by atoms with van der Waals surface area (Å²) in [7, 11) is 2.04. The van der Waals surface area contributed by atoms with Crippen molar-refractivity contribution >= 4 is 36.3 Å². The highest BCUT2D eigenvalue weighted by atomic mass is 35.5. The van der Waals surface area contributed by atoms with Gasteiger partial charge in [-0.15, -0.1) is 24.2 Å². The standard InChI is InChI=1S/C19H26N2OS.ClH/c1-21(14-7-3-2-4-8-14)18(22)15-13-23-19-11-6-5-9-17(19)20-12-10-16(15)19;/h5-6,9,12,14-16H,2-4,7-8,10-11,13H2,1H3;1H. The monoisotopic (exact) mass is 366 g/mol. The van der Waals surface area contributed by atoms with Crippen molar-refractivity contribution in [2.75, 3.05) is 12.8 Å². The molecular weight excluding hydrogens is 340 g/mol. The third kappa shape index (κ3) is 2.86. The summed E-state index contributed by atoms with van der Waals surface area (Å²) in [4.78, 5) is 19.9. The first-order valence-corrected chi connectivity index (χ1v) is 10.0. The van der Waals surface area contributed by atoms with Gasteiger partial charge in [-0.2, -0.15) is 0 Å². The van der Waals surface area contributed by atoms with Crippen LogP contribution >= 0.6 is 24.2 Å². The molecule has 0 N–H and O–H groups in total. The summed E-state index contributed by atoms with van der Waals surface area (Å²) in [5, 5.41) is 0. The van der Waals surface area contributed by atoms with Gasteiger partial charge in [-0.3, -0.25) is 9.79 Å². The molecule has 1 saturated heterocycles. The van der Waals surface area contributed by atoms with Crippen LogP contribution < -0.4 is 0 Å². The Hall–Kier alpha value is -0.740. The lowest BCUT2D eigenvalue weighted by Gasteiger charge is -2.40. The van der Waals surface area contributed by atoms with E-state index in [1.807, 2.05) is 25.0 Å². The minimum Gasteiger partial charge on any atom is -0.343 e. The van der Waals surface area contributed by atoms with Gasteiger partial charge < -0.3 is 4.90 Å². The fourth-order valence-corrected chi connectivity index (χ4v) is 6.64. The van der Waals surface area contributed by atoms with Gasteiger partial charge in [0.2, 0.25) is 5.91 Å². The number of hydrogen-bond donors (Lipinski definition) is 0. The second-order valence-corrected chi connectivity index (χ2v) is 8.74. The van der Waals surface area contributed by atoms with Gasteiger partial charge >= 0.3 is 0 Å². The molecule has 1 spiro atoms. The minimum absolute atomic E-state index is 0.